The Morgan fingerprint density at radius 2 is 1.79 bits per heavy atom. The number of carbonyl (C=O) groups is 1. The lowest BCUT2D eigenvalue weighted by atomic mass is 10.1. The van der Waals surface area contributed by atoms with Crippen molar-refractivity contribution in [2.45, 2.75) is 20.3 Å². The van der Waals surface area contributed by atoms with Gasteiger partial charge in [-0.15, -0.1) is 21.6 Å². The smallest absolute Gasteiger partial charge is 0.346 e. The topological polar surface area (TPSA) is 148 Å². The summed E-state index contributed by atoms with van der Waals surface area (Å²) >= 11 is 0.930. The van der Waals surface area contributed by atoms with Crippen LogP contribution < -0.4 is 4.90 Å². The molecule has 10 nitrogen and oxygen atoms in total. The van der Waals surface area contributed by atoms with E-state index in [9.17, 15) is 15.2 Å². The number of rotatable bonds is 15. The Labute approximate surface area is 202 Å². The van der Waals surface area contributed by atoms with E-state index in [1.54, 1.807) is 6.92 Å². The van der Waals surface area contributed by atoms with Gasteiger partial charge in [0.05, 0.1) is 44.3 Å². The fourth-order valence-electron chi connectivity index (χ4n) is 3.19. The Balaban J connectivity index is 2.17. The van der Waals surface area contributed by atoms with Gasteiger partial charge in [0.25, 0.3) is 0 Å². The van der Waals surface area contributed by atoms with Gasteiger partial charge in [0.2, 0.25) is 0 Å². The molecule has 34 heavy (non-hydrogen) atoms. The molecule has 0 aliphatic heterocycles. The second-order valence-corrected chi connectivity index (χ2v) is 8.34. The molecule has 0 bridgehead atoms. The van der Waals surface area contributed by atoms with Crippen LogP contribution in [0.3, 0.4) is 0 Å². The number of aliphatic hydroxyl groups is 2. The number of nitrogens with zero attached hydrogens (tertiary/aromatic N) is 4. The number of carboxylic acid groups (broad SMARTS) is 1. The van der Waals surface area contributed by atoms with Crippen LogP contribution in [0.1, 0.15) is 32.8 Å². The molecule has 11 heteroatoms. The third-order valence-electron chi connectivity index (χ3n) is 4.92. The number of aliphatic hydroxyl groups excluding tert-OH is 2. The van der Waals surface area contributed by atoms with E-state index in [0.717, 1.165) is 29.0 Å². The Morgan fingerprint density at radius 1 is 1.09 bits per heavy atom. The standard InChI is InChI=1S/C23H30N4O6S/c1-16-14-18(27(7-11-33-13-9-29)6-3-10-32-12-8-28)4-5-20(16)25-26-22-19(15-24)17(2)21(34-22)23(30)31/h4-5,14,28-29H,3,6-13H2,1-2H3,(H,30,31)/b26-25+. The van der Waals surface area contributed by atoms with Crippen LogP contribution in [0.25, 0.3) is 0 Å². The highest BCUT2D eigenvalue weighted by Crippen LogP contribution is 2.36. The van der Waals surface area contributed by atoms with E-state index in [-0.39, 0.29) is 35.3 Å². The number of thiophene rings is 1. The van der Waals surface area contributed by atoms with E-state index in [2.05, 4.69) is 15.1 Å². The first-order valence-electron chi connectivity index (χ1n) is 10.8. The molecule has 0 unspecified atom stereocenters. The Bertz CT molecular complexity index is 1020. The molecule has 1 aromatic heterocycles. The number of ether oxygens (including phenoxy) is 2. The van der Waals surface area contributed by atoms with Crippen LogP contribution >= 0.6 is 11.3 Å². The zero-order valence-electron chi connectivity index (χ0n) is 19.4. The minimum absolute atomic E-state index is 0.00749. The van der Waals surface area contributed by atoms with Crippen LogP contribution in [-0.2, 0) is 9.47 Å². The van der Waals surface area contributed by atoms with Crippen molar-refractivity contribution in [1.29, 1.82) is 5.26 Å². The lowest BCUT2D eigenvalue weighted by molar-refractivity contribution is 0.0701. The van der Waals surface area contributed by atoms with Gasteiger partial charge >= 0.3 is 5.97 Å². The van der Waals surface area contributed by atoms with Gasteiger partial charge in [-0.25, -0.2) is 4.79 Å². The van der Waals surface area contributed by atoms with E-state index in [4.69, 9.17) is 19.7 Å². The Hall–Kier alpha value is -2.88. The van der Waals surface area contributed by atoms with Crippen LogP contribution in [0.4, 0.5) is 16.4 Å². The van der Waals surface area contributed by atoms with E-state index < -0.39 is 5.97 Å². The molecular weight excluding hydrogens is 460 g/mol. The largest absolute Gasteiger partial charge is 0.477 e. The first-order chi connectivity index (χ1) is 16.4. The third kappa shape index (κ3) is 7.86. The first-order valence-corrected chi connectivity index (χ1v) is 11.7. The molecule has 0 saturated carbocycles. The molecule has 0 aliphatic rings. The van der Waals surface area contributed by atoms with Crippen LogP contribution in [0.15, 0.2) is 28.4 Å². The van der Waals surface area contributed by atoms with Crippen molar-refractivity contribution in [3.8, 4) is 6.07 Å². The number of anilines is 1. The number of aromatic carboxylic acids is 1. The summed E-state index contributed by atoms with van der Waals surface area (Å²) in [5, 5.41) is 45.1. The zero-order chi connectivity index (χ0) is 24.9. The van der Waals surface area contributed by atoms with E-state index in [1.807, 2.05) is 31.2 Å². The van der Waals surface area contributed by atoms with Crippen LogP contribution in [-0.4, -0.2) is 74.0 Å². The lowest BCUT2D eigenvalue weighted by Crippen LogP contribution is -2.29. The summed E-state index contributed by atoms with van der Waals surface area (Å²) in [4.78, 5) is 13.6. The summed E-state index contributed by atoms with van der Waals surface area (Å²) in [5.74, 6) is -1.09. The van der Waals surface area contributed by atoms with Crippen molar-refractivity contribution < 1.29 is 29.6 Å². The summed E-state index contributed by atoms with van der Waals surface area (Å²) in [6, 6.07) is 7.72. The monoisotopic (exact) mass is 490 g/mol. The van der Waals surface area contributed by atoms with Gasteiger partial charge in [0.1, 0.15) is 10.9 Å². The summed E-state index contributed by atoms with van der Waals surface area (Å²) < 4.78 is 10.8. The molecule has 1 heterocycles. The molecule has 2 rings (SSSR count). The van der Waals surface area contributed by atoms with Gasteiger partial charge in [0, 0.05) is 25.4 Å². The maximum Gasteiger partial charge on any atom is 0.346 e. The SMILES string of the molecule is Cc1cc(N(CCCOCCO)CCOCCO)ccc1/N=N/c1sc(C(=O)O)c(C)c1C#N. The molecule has 0 amide bonds. The van der Waals surface area contributed by atoms with Gasteiger partial charge in [-0.3, -0.25) is 0 Å². The maximum atomic E-state index is 11.4. The first kappa shape index (κ1) is 27.4. The Kier molecular flexibility index (Phi) is 11.6. The summed E-state index contributed by atoms with van der Waals surface area (Å²) in [6.07, 6.45) is 0.765. The van der Waals surface area contributed by atoms with Crippen molar-refractivity contribution in [1.82, 2.24) is 0 Å². The molecule has 0 radical (unpaired) electrons. The summed E-state index contributed by atoms with van der Waals surface area (Å²) in [6.45, 7) is 6.36. The molecule has 1 aromatic carbocycles. The van der Waals surface area contributed by atoms with Gasteiger partial charge in [-0.2, -0.15) is 5.26 Å². The Morgan fingerprint density at radius 3 is 2.41 bits per heavy atom. The summed E-state index contributed by atoms with van der Waals surface area (Å²) in [7, 11) is 0. The quantitative estimate of drug-likeness (QED) is 0.253. The molecule has 3 N–H and O–H groups in total. The average molecular weight is 491 g/mol. The van der Waals surface area contributed by atoms with Crippen molar-refractivity contribution in [3.63, 3.8) is 0 Å². The molecule has 0 saturated heterocycles. The fraction of sp³-hybridized carbons (Fsp3) is 0.478. The number of aryl methyl sites for hydroxylation is 1. The van der Waals surface area contributed by atoms with Crippen molar-refractivity contribution in [3.05, 3.63) is 39.8 Å². The van der Waals surface area contributed by atoms with Gasteiger partial charge < -0.3 is 29.7 Å². The van der Waals surface area contributed by atoms with Gasteiger partial charge in [0.15, 0.2) is 5.00 Å². The highest BCUT2D eigenvalue weighted by Gasteiger charge is 2.19. The molecule has 0 spiro atoms. The highest BCUT2D eigenvalue weighted by molar-refractivity contribution is 7.18. The van der Waals surface area contributed by atoms with Gasteiger partial charge in [-0.05, 0) is 49.6 Å². The molecule has 0 atom stereocenters. The lowest BCUT2D eigenvalue weighted by Gasteiger charge is -2.25. The van der Waals surface area contributed by atoms with Gasteiger partial charge in [-0.1, -0.05) is 0 Å². The number of nitriles is 1. The molecule has 184 valence electrons. The maximum absolute atomic E-state index is 11.4. The zero-order valence-corrected chi connectivity index (χ0v) is 20.2. The second-order valence-electron chi connectivity index (χ2n) is 7.34. The number of carboxylic acids is 1. The van der Waals surface area contributed by atoms with E-state index >= 15 is 0 Å². The van der Waals surface area contributed by atoms with E-state index in [0.29, 0.717) is 44.2 Å². The van der Waals surface area contributed by atoms with E-state index in [1.165, 1.54) is 0 Å². The minimum atomic E-state index is -1.09. The number of hydrogen-bond acceptors (Lipinski definition) is 10. The van der Waals surface area contributed by atoms with Crippen LogP contribution in [0, 0.1) is 25.2 Å². The second kappa shape index (κ2) is 14.4. The number of hydrogen-bond donors (Lipinski definition) is 3. The predicted molar refractivity (Wildman–Crippen MR) is 129 cm³/mol. The minimum Gasteiger partial charge on any atom is -0.477 e. The fourth-order valence-corrected chi connectivity index (χ4v) is 4.11. The average Bonchev–Trinajstić information content (AvgIpc) is 3.14. The molecule has 0 aliphatic carbocycles. The highest BCUT2D eigenvalue weighted by atomic mass is 32.1. The van der Waals surface area contributed by atoms with Crippen molar-refractivity contribution in [2.75, 3.05) is 57.6 Å². The molecule has 2 aromatic rings. The normalized spacial score (nSPS) is 11.1. The number of benzene rings is 1. The van der Waals surface area contributed by atoms with Crippen molar-refractivity contribution in [2.24, 2.45) is 10.2 Å². The molecular formula is C23H30N4O6S. The third-order valence-corrected chi connectivity index (χ3v) is 6.09. The van der Waals surface area contributed by atoms with Crippen molar-refractivity contribution >= 4 is 33.7 Å². The number of azo groups is 1. The molecule has 0 fully saturated rings. The van der Waals surface area contributed by atoms with Crippen LogP contribution in [0.5, 0.6) is 0 Å². The summed E-state index contributed by atoms with van der Waals surface area (Å²) in [5.41, 5.74) is 3.05. The van der Waals surface area contributed by atoms with Crippen LogP contribution in [0.2, 0.25) is 0 Å². The predicted octanol–water partition coefficient (Wildman–Crippen LogP) is 3.56.